The van der Waals surface area contributed by atoms with Crippen molar-refractivity contribution in [2.24, 2.45) is 0 Å². The van der Waals surface area contributed by atoms with Gasteiger partial charge in [0, 0.05) is 0 Å². The first-order valence-electron chi connectivity index (χ1n) is 1.79. The Morgan fingerprint density at radius 1 is 1.50 bits per heavy atom. The van der Waals surface area contributed by atoms with Crippen molar-refractivity contribution in [2.45, 2.75) is 0 Å². The van der Waals surface area contributed by atoms with Crippen molar-refractivity contribution in [3.8, 4) is 0 Å². The molecule has 0 aromatic carbocycles. The third-order valence-corrected chi connectivity index (χ3v) is 0.832. The molecule has 8 heavy (non-hydrogen) atoms. The number of hydrogen-bond acceptors (Lipinski definition) is 4. The summed E-state index contributed by atoms with van der Waals surface area (Å²) in [4.78, 5) is 0. The Kier molecular flexibility index (Phi) is 3.15. The highest BCUT2D eigenvalue weighted by molar-refractivity contribution is 7.26. The molecule has 1 atom stereocenters. The third-order valence-electron chi connectivity index (χ3n) is 0.524. The van der Waals surface area contributed by atoms with Gasteiger partial charge in [0.05, 0.1) is 11.6 Å². The van der Waals surface area contributed by atoms with Crippen LogP contribution >= 0.6 is 9.24 Å². The SMILES string of the molecule is N.Pc1ccnnn1. The lowest BCUT2D eigenvalue weighted by Crippen LogP contribution is -1.99. The molecule has 0 aliphatic rings. The lowest BCUT2D eigenvalue weighted by atomic mass is 10.7. The van der Waals surface area contributed by atoms with Crippen LogP contribution in [0.15, 0.2) is 12.3 Å². The van der Waals surface area contributed by atoms with E-state index in [0.717, 1.165) is 5.44 Å². The molecule has 1 heterocycles. The fourth-order valence-corrected chi connectivity index (χ4v) is 0.388. The van der Waals surface area contributed by atoms with E-state index in [4.69, 9.17) is 0 Å². The molecular weight excluding hydrogens is 123 g/mol. The molecule has 0 saturated heterocycles. The van der Waals surface area contributed by atoms with Gasteiger partial charge in [0.1, 0.15) is 0 Å². The van der Waals surface area contributed by atoms with Gasteiger partial charge in [0.2, 0.25) is 0 Å². The van der Waals surface area contributed by atoms with E-state index in [-0.39, 0.29) is 6.15 Å². The van der Waals surface area contributed by atoms with E-state index in [0.29, 0.717) is 0 Å². The van der Waals surface area contributed by atoms with Gasteiger partial charge in [-0.15, -0.1) is 10.2 Å². The molecule has 4 nitrogen and oxygen atoms in total. The lowest BCUT2D eigenvalue weighted by molar-refractivity contribution is 0.883. The zero-order chi connectivity index (χ0) is 5.11. The van der Waals surface area contributed by atoms with E-state index in [1.807, 2.05) is 0 Å². The van der Waals surface area contributed by atoms with E-state index in [9.17, 15) is 0 Å². The summed E-state index contributed by atoms with van der Waals surface area (Å²) in [6.07, 6.45) is 1.59. The Morgan fingerprint density at radius 2 is 2.25 bits per heavy atom. The second-order valence-electron chi connectivity index (χ2n) is 1.05. The molecule has 0 amide bonds. The van der Waals surface area contributed by atoms with Gasteiger partial charge in [-0.05, 0) is 11.3 Å². The standard InChI is InChI=1S/C3H4N3P.H3N/c7-3-1-2-4-6-5-3;/h1-2H,7H2;1H3. The second-order valence-corrected chi connectivity index (χ2v) is 1.64. The highest BCUT2D eigenvalue weighted by Gasteiger charge is 1.76. The van der Waals surface area contributed by atoms with Crippen molar-refractivity contribution in [1.29, 1.82) is 0 Å². The summed E-state index contributed by atoms with van der Waals surface area (Å²) in [7, 11) is 2.42. The third kappa shape index (κ3) is 1.91. The summed E-state index contributed by atoms with van der Waals surface area (Å²) in [5.74, 6) is 0. The predicted octanol–water partition coefficient (Wildman–Crippen LogP) is -0.466. The zero-order valence-electron chi connectivity index (χ0n) is 4.28. The minimum absolute atomic E-state index is 0. The first-order valence-corrected chi connectivity index (χ1v) is 2.37. The maximum atomic E-state index is 3.58. The Hall–Kier alpha value is -0.600. The lowest BCUT2D eigenvalue weighted by Gasteiger charge is -1.79. The fraction of sp³-hybridized carbons (Fsp3) is 0. The molecule has 1 aromatic heterocycles. The van der Waals surface area contributed by atoms with Crippen molar-refractivity contribution in [1.82, 2.24) is 21.6 Å². The second kappa shape index (κ2) is 3.41. The molecule has 0 bridgehead atoms. The molecule has 1 aromatic rings. The molecular formula is C3H7N4P. The van der Waals surface area contributed by atoms with Gasteiger partial charge >= 0.3 is 0 Å². The van der Waals surface area contributed by atoms with Crippen molar-refractivity contribution in [3.63, 3.8) is 0 Å². The molecule has 3 N–H and O–H groups in total. The summed E-state index contributed by atoms with van der Waals surface area (Å²) >= 11 is 0. The van der Waals surface area contributed by atoms with Gasteiger partial charge in [-0.3, -0.25) is 0 Å². The zero-order valence-corrected chi connectivity index (χ0v) is 5.44. The van der Waals surface area contributed by atoms with E-state index in [1.54, 1.807) is 12.3 Å². The van der Waals surface area contributed by atoms with Crippen LogP contribution in [0.2, 0.25) is 0 Å². The molecule has 0 fully saturated rings. The first kappa shape index (κ1) is 7.40. The van der Waals surface area contributed by atoms with E-state index in [1.165, 1.54) is 0 Å². The molecule has 0 aliphatic heterocycles. The van der Waals surface area contributed by atoms with Crippen LogP contribution < -0.4 is 11.6 Å². The topological polar surface area (TPSA) is 73.7 Å². The molecule has 0 radical (unpaired) electrons. The number of nitrogens with zero attached hydrogens (tertiary/aromatic N) is 3. The average molecular weight is 130 g/mol. The van der Waals surface area contributed by atoms with Crippen molar-refractivity contribution >= 4 is 14.7 Å². The first-order chi connectivity index (χ1) is 3.39. The van der Waals surface area contributed by atoms with Crippen molar-refractivity contribution in [3.05, 3.63) is 12.3 Å². The van der Waals surface area contributed by atoms with Crippen LogP contribution in [-0.2, 0) is 0 Å². The minimum atomic E-state index is 0. The summed E-state index contributed by atoms with van der Waals surface area (Å²) < 4.78 is 0. The van der Waals surface area contributed by atoms with E-state index in [2.05, 4.69) is 24.7 Å². The number of aromatic nitrogens is 3. The van der Waals surface area contributed by atoms with Gasteiger partial charge in [-0.1, -0.05) is 9.24 Å². The summed E-state index contributed by atoms with van der Waals surface area (Å²) in [5.41, 5.74) is 0.815. The summed E-state index contributed by atoms with van der Waals surface area (Å²) in [5, 5.41) is 10.4. The molecule has 44 valence electrons. The fourth-order valence-electron chi connectivity index (χ4n) is 0.250. The highest BCUT2D eigenvalue weighted by Crippen LogP contribution is 1.74. The monoisotopic (exact) mass is 130 g/mol. The molecule has 1 rings (SSSR count). The quantitative estimate of drug-likeness (QED) is 0.482. The van der Waals surface area contributed by atoms with E-state index < -0.39 is 0 Å². The smallest absolute Gasteiger partial charge is 0.0828 e. The predicted molar refractivity (Wildman–Crippen MR) is 34.2 cm³/mol. The van der Waals surface area contributed by atoms with Crippen LogP contribution in [0.5, 0.6) is 0 Å². The van der Waals surface area contributed by atoms with Crippen LogP contribution in [0.3, 0.4) is 0 Å². The molecule has 0 aliphatic carbocycles. The van der Waals surface area contributed by atoms with Crippen LogP contribution in [0.1, 0.15) is 0 Å². The minimum Gasteiger partial charge on any atom is -0.344 e. The number of rotatable bonds is 0. The van der Waals surface area contributed by atoms with Gasteiger partial charge in [-0.2, -0.15) is 0 Å². The van der Waals surface area contributed by atoms with E-state index >= 15 is 0 Å². The normalized spacial score (nSPS) is 7.62. The maximum Gasteiger partial charge on any atom is 0.0828 e. The Morgan fingerprint density at radius 3 is 2.50 bits per heavy atom. The highest BCUT2D eigenvalue weighted by atomic mass is 31.0. The summed E-state index contributed by atoms with van der Waals surface area (Å²) in [6.45, 7) is 0. The van der Waals surface area contributed by atoms with Crippen LogP contribution in [0.25, 0.3) is 0 Å². The number of hydrogen-bond donors (Lipinski definition) is 1. The van der Waals surface area contributed by atoms with Gasteiger partial charge < -0.3 is 6.15 Å². The molecule has 1 unspecified atom stereocenters. The van der Waals surface area contributed by atoms with Crippen LogP contribution in [0, 0.1) is 0 Å². The summed E-state index contributed by atoms with van der Waals surface area (Å²) in [6, 6.07) is 1.76. The van der Waals surface area contributed by atoms with Gasteiger partial charge in [0.15, 0.2) is 0 Å². The van der Waals surface area contributed by atoms with Crippen molar-refractivity contribution < 1.29 is 0 Å². The Bertz CT molecular complexity index is 141. The van der Waals surface area contributed by atoms with Gasteiger partial charge in [0.25, 0.3) is 0 Å². The Balaban J connectivity index is 0.000000490. The van der Waals surface area contributed by atoms with Gasteiger partial charge in [-0.25, -0.2) is 0 Å². The average Bonchev–Trinajstić information content (AvgIpc) is 1.69. The molecule has 5 heteroatoms. The molecule has 0 spiro atoms. The van der Waals surface area contributed by atoms with Crippen LogP contribution in [-0.4, -0.2) is 15.4 Å². The van der Waals surface area contributed by atoms with Crippen molar-refractivity contribution in [2.75, 3.05) is 0 Å². The molecule has 0 saturated carbocycles. The Labute approximate surface area is 49.5 Å². The van der Waals surface area contributed by atoms with Crippen LogP contribution in [0.4, 0.5) is 0 Å². The largest absolute Gasteiger partial charge is 0.344 e. The maximum absolute atomic E-state index is 3.58.